The molecule has 2 aliphatic carbocycles. The van der Waals surface area contributed by atoms with Crippen LogP contribution in [0.1, 0.15) is 138 Å². The van der Waals surface area contributed by atoms with Crippen LogP contribution in [0.5, 0.6) is 0 Å². The average molecular weight is 1820 g/mol. The summed E-state index contributed by atoms with van der Waals surface area (Å²) in [6.07, 6.45) is 23.6. The van der Waals surface area contributed by atoms with E-state index >= 15 is 0 Å². The summed E-state index contributed by atoms with van der Waals surface area (Å²) in [5, 5.41) is 52.3. The highest BCUT2D eigenvalue weighted by atomic mass is 32.2. The van der Waals surface area contributed by atoms with Gasteiger partial charge in [-0.1, -0.05) is 151 Å². The Kier molecular flexibility index (Phi) is 26.4. The zero-order valence-electron chi connectivity index (χ0n) is 75.8. The Balaban J connectivity index is 0.000000137. The quantitative estimate of drug-likeness (QED) is 0.0413. The smallest absolute Gasteiger partial charge is 0.261 e. The summed E-state index contributed by atoms with van der Waals surface area (Å²) < 4.78 is 49.3. The molecule has 0 spiro atoms. The maximum atomic E-state index is 12.0. The van der Waals surface area contributed by atoms with Crippen molar-refractivity contribution < 1.29 is 36.1 Å². The number of nitriles is 2. The number of aromatic nitrogens is 21. The van der Waals surface area contributed by atoms with Gasteiger partial charge in [-0.15, -0.1) is 0 Å². The fraction of sp³-hybridized carbons (Fsp3) is 0.281. The third kappa shape index (κ3) is 19.7. The van der Waals surface area contributed by atoms with E-state index in [1.165, 1.54) is 22.3 Å². The highest BCUT2D eigenvalue weighted by Crippen LogP contribution is 2.53. The minimum absolute atomic E-state index is 0.0581. The number of nitrogen functional groups attached to an aromatic ring is 4. The summed E-state index contributed by atoms with van der Waals surface area (Å²) in [4.78, 5) is 74.7. The molecule has 680 valence electrons. The molecule has 134 heavy (non-hydrogen) atoms. The molecule has 0 bridgehead atoms. The molecule has 2 saturated carbocycles. The van der Waals surface area contributed by atoms with E-state index < -0.39 is 31.5 Å². The third-order valence-corrected chi connectivity index (χ3v) is 25.9. The van der Waals surface area contributed by atoms with Crippen LogP contribution in [0.2, 0.25) is 0 Å². The number of nitrogens with two attached hydrogens (primary N) is 4. The van der Waals surface area contributed by atoms with Crippen LogP contribution in [0.3, 0.4) is 0 Å². The predicted molar refractivity (Wildman–Crippen MR) is 497 cm³/mol. The summed E-state index contributed by atoms with van der Waals surface area (Å²) >= 11 is 0. The van der Waals surface area contributed by atoms with Gasteiger partial charge in [0, 0.05) is 99.4 Å². The van der Waals surface area contributed by atoms with Crippen LogP contribution in [0.15, 0.2) is 231 Å². The van der Waals surface area contributed by atoms with Gasteiger partial charge in [-0.2, -0.15) is 50.9 Å². The fourth-order valence-electron chi connectivity index (χ4n) is 15.5. The largest absolute Gasteiger partial charge is 0.384 e. The highest BCUT2D eigenvalue weighted by Gasteiger charge is 2.49. The molecule has 0 saturated heterocycles. The van der Waals surface area contributed by atoms with Gasteiger partial charge < -0.3 is 50.8 Å². The molecule has 8 N–H and O–H groups in total. The summed E-state index contributed by atoms with van der Waals surface area (Å²) in [6.45, 7) is 17.2. The molecule has 37 nitrogen and oxygen atoms in total. The number of carbonyl (C=O) groups excluding carboxylic acids is 2. The van der Waals surface area contributed by atoms with Crippen molar-refractivity contribution in [3.63, 3.8) is 0 Å². The van der Waals surface area contributed by atoms with Crippen LogP contribution in [-0.2, 0) is 54.2 Å². The summed E-state index contributed by atoms with van der Waals surface area (Å²) in [7, 11) is 3.47. The first kappa shape index (κ1) is 92.3. The normalized spacial score (nSPS) is 14.2. The monoisotopic (exact) mass is 1820 g/mol. The zero-order chi connectivity index (χ0) is 95.1. The predicted octanol–water partition coefficient (Wildman–Crippen LogP) is 13.6. The number of rotatable bonds is 25. The van der Waals surface area contributed by atoms with E-state index in [1.807, 2.05) is 91.0 Å². The second-order valence-electron chi connectivity index (χ2n) is 34.5. The maximum Gasteiger partial charge on any atom is 0.261 e. The number of hydrogen-bond donors (Lipinski definition) is 4. The topological polar surface area (TPSA) is 534 Å². The number of benzene rings is 5. The van der Waals surface area contributed by atoms with Crippen molar-refractivity contribution in [3.8, 4) is 103 Å². The number of likely N-dealkylation sites (N-methyl/N-ethyl adjacent to an activating group) is 2. The second kappa shape index (κ2) is 38.4. The van der Waals surface area contributed by atoms with Crippen molar-refractivity contribution in [2.75, 3.05) is 57.4 Å². The number of amides is 2. The number of carbonyl (C=O) groups is 2. The average Bonchev–Trinajstić information content (AvgIpc) is 1.60. The lowest BCUT2D eigenvalue weighted by Gasteiger charge is -2.31. The lowest BCUT2D eigenvalue weighted by atomic mass is 9.72. The van der Waals surface area contributed by atoms with Crippen molar-refractivity contribution >= 4 is 45.2 Å². The first-order chi connectivity index (χ1) is 64.1. The molecule has 4 unspecified atom stereocenters. The Morgan fingerprint density at radius 3 is 1.27 bits per heavy atom. The summed E-state index contributed by atoms with van der Waals surface area (Å²) in [6, 6.07) is 48.2. The van der Waals surface area contributed by atoms with E-state index in [1.54, 1.807) is 136 Å². The molecule has 4 atom stereocenters. The SMILES string of the molecule is CC(C)C(C)(c1ccc(-c2cnc(N)nc2)cc1)c1noc(-c2cccc(S(C)(=O)=O)c2)n1.CC(C)C(C)(c1ccc(-c2cnc(N)nc2)cc1)c1noc(-c2ccnnc2)n1.CN(C)C(=O)Cn1cc(-c2nc(C(C)(c3ccc(-c4ccc(N)nc4C#N)cc3)C3CC3)no2)cn1.CN(C)C(=O)Cn1cc(-c2nc(C(C)(c3ccc(-c4ncc(N)nc4C#N)cc3)C3CC3)no2)cn1. The first-order valence-corrected chi connectivity index (χ1v) is 44.7. The Morgan fingerprint density at radius 1 is 0.440 bits per heavy atom. The molecule has 5 aromatic carbocycles. The van der Waals surface area contributed by atoms with Crippen LogP contribution >= 0.6 is 0 Å². The number of anilines is 4. The molecule has 11 heterocycles. The van der Waals surface area contributed by atoms with Crippen LogP contribution in [0.4, 0.5) is 23.5 Å². The molecule has 16 aromatic rings. The van der Waals surface area contributed by atoms with E-state index in [0.717, 1.165) is 92.4 Å². The standard InChI is InChI=1S/C26H26N8O2.C25H25N9O2.C24H25N5O3S.C21H21N7O/c1-26(19-8-9-19,18-6-4-16(5-7-18)20-10-11-22(28)30-21(20)12-27)25-31-24(36-32-25)17-13-29-34(14-17)15-23(35)33(2)3;1-25(18-8-9-18,17-6-4-15(5-7-17)22-19(10-26)30-20(27)12-28-22)24-31-23(36-32-24)16-11-29-34(13-16)14-21(35)33(2)3;1-15(2)24(3,19-10-8-16(9-11-19)18-13-26-23(25)27-14-18)22-28-21(32-29-22)17-6-5-7-20(12-17)33(4,30)31;1-13(2)21(3,19-27-18(29-28-19)15-8-9-25-26-12-15)17-6-4-14(5-7-17)16-10-23-20(22)24-11-16/h4-7,10-11,13-14,19H,8-9,15H2,1-3H3,(H2,28,30);4-7,11-13,18H,8-9,14H2,1-3H3,(H2,27,30);5-15H,1-4H3,(H2,25,26,27);4-13H,1-3H3,(H2,22,23,24). The molecule has 38 heteroatoms. The fourth-order valence-corrected chi connectivity index (χ4v) is 16.1. The van der Waals surface area contributed by atoms with Gasteiger partial charge in [0.15, 0.2) is 44.5 Å². The maximum absolute atomic E-state index is 12.0. The van der Waals surface area contributed by atoms with Gasteiger partial charge >= 0.3 is 0 Å². The van der Waals surface area contributed by atoms with Crippen LogP contribution in [0, 0.1) is 46.3 Å². The molecule has 2 aliphatic rings. The minimum Gasteiger partial charge on any atom is -0.384 e. The lowest BCUT2D eigenvalue weighted by molar-refractivity contribution is -0.130. The number of pyridine rings is 1. The number of hydrogen-bond acceptors (Lipinski definition) is 33. The molecule has 2 amide bonds. The van der Waals surface area contributed by atoms with Crippen molar-refractivity contribution in [1.82, 2.24) is 115 Å². The van der Waals surface area contributed by atoms with Crippen LogP contribution in [-0.4, -0.2) is 170 Å². The number of sulfone groups is 1. The molecule has 2 fully saturated rings. The van der Waals surface area contributed by atoms with Gasteiger partial charge in [0.05, 0.1) is 74.2 Å². The van der Waals surface area contributed by atoms with E-state index in [0.29, 0.717) is 86.7 Å². The molecule has 18 rings (SSSR count). The van der Waals surface area contributed by atoms with Crippen molar-refractivity contribution in [1.29, 1.82) is 10.5 Å². The number of nitrogens with zero attached hydrogens (tertiary/aromatic N) is 25. The van der Waals surface area contributed by atoms with Gasteiger partial charge in [-0.05, 0) is 152 Å². The van der Waals surface area contributed by atoms with Crippen LogP contribution < -0.4 is 22.9 Å². The van der Waals surface area contributed by atoms with Crippen molar-refractivity contribution in [3.05, 3.63) is 265 Å². The molecule has 0 aliphatic heterocycles. The van der Waals surface area contributed by atoms with Gasteiger partial charge in [0.1, 0.15) is 42.6 Å². The molecular formula is C96H97N29O8S. The van der Waals surface area contributed by atoms with E-state index in [-0.39, 0.29) is 70.9 Å². The molecule has 11 aromatic heterocycles. The molecule has 0 radical (unpaired) electrons. The zero-order valence-corrected chi connectivity index (χ0v) is 76.7. The van der Waals surface area contributed by atoms with Crippen LogP contribution in [0.25, 0.3) is 90.5 Å². The Labute approximate surface area is 771 Å². The van der Waals surface area contributed by atoms with Gasteiger partial charge in [-0.3, -0.25) is 19.0 Å². The second-order valence-corrected chi connectivity index (χ2v) is 36.6. The minimum atomic E-state index is -3.35. The summed E-state index contributed by atoms with van der Waals surface area (Å²) in [5.74, 6) is 5.82. The molecular weight excluding hydrogens is 1720 g/mol. The van der Waals surface area contributed by atoms with Crippen molar-refractivity contribution in [2.45, 2.75) is 121 Å². The first-order valence-electron chi connectivity index (χ1n) is 42.8. The highest BCUT2D eigenvalue weighted by molar-refractivity contribution is 7.90. The summed E-state index contributed by atoms with van der Waals surface area (Å²) in [5.41, 5.74) is 34.6. The lowest BCUT2D eigenvalue weighted by Crippen LogP contribution is -2.31. The Morgan fingerprint density at radius 2 is 0.851 bits per heavy atom. The Hall–Kier alpha value is -16.4. The Bertz CT molecular complexity index is 6860. The van der Waals surface area contributed by atoms with E-state index in [4.69, 9.17) is 51.0 Å². The van der Waals surface area contributed by atoms with Gasteiger partial charge in [0.25, 0.3) is 23.6 Å². The van der Waals surface area contributed by atoms with E-state index in [9.17, 15) is 28.5 Å². The third-order valence-electron chi connectivity index (χ3n) is 24.8. The van der Waals surface area contributed by atoms with Crippen molar-refractivity contribution in [2.24, 2.45) is 23.7 Å². The van der Waals surface area contributed by atoms with E-state index in [2.05, 4.69) is 166 Å². The van der Waals surface area contributed by atoms with Gasteiger partial charge in [0.2, 0.25) is 23.7 Å². The van der Waals surface area contributed by atoms with Gasteiger partial charge in [-0.25, -0.2) is 43.3 Å².